The molecule has 0 aliphatic heterocycles. The van der Waals surface area contributed by atoms with Crippen molar-refractivity contribution in [1.82, 2.24) is 5.16 Å². The van der Waals surface area contributed by atoms with Crippen molar-refractivity contribution in [2.75, 3.05) is 5.73 Å². The summed E-state index contributed by atoms with van der Waals surface area (Å²) in [5, 5.41) is 13.5. The molecular weight excluding hydrogens is 192 g/mol. The van der Waals surface area contributed by atoms with E-state index in [1.165, 1.54) is 6.20 Å². The molecule has 0 radical (unpaired) electrons. The molecule has 0 spiro atoms. The first-order chi connectivity index (χ1) is 7.11. The Hall–Kier alpha value is -1.97. The van der Waals surface area contributed by atoms with Crippen LogP contribution in [-0.2, 0) is 0 Å². The molecular formula is C11H12N2O2. The predicted octanol–water partition coefficient (Wildman–Crippen LogP) is 2.25. The molecule has 0 aliphatic carbocycles. The SMILES string of the molecule is Cc1ccc(C)c(-c2cnoc2N)c1O. The van der Waals surface area contributed by atoms with Gasteiger partial charge in [-0.05, 0) is 25.0 Å². The van der Waals surface area contributed by atoms with E-state index < -0.39 is 0 Å². The second kappa shape index (κ2) is 3.31. The van der Waals surface area contributed by atoms with Gasteiger partial charge in [-0.1, -0.05) is 17.3 Å². The van der Waals surface area contributed by atoms with Crippen LogP contribution < -0.4 is 5.73 Å². The monoisotopic (exact) mass is 204 g/mol. The zero-order valence-corrected chi connectivity index (χ0v) is 8.61. The molecule has 2 rings (SSSR count). The van der Waals surface area contributed by atoms with Crippen LogP contribution in [-0.4, -0.2) is 10.3 Å². The number of hydrogen-bond donors (Lipinski definition) is 2. The van der Waals surface area contributed by atoms with Gasteiger partial charge >= 0.3 is 0 Å². The maximum atomic E-state index is 9.95. The molecule has 2 aromatic rings. The van der Waals surface area contributed by atoms with Gasteiger partial charge in [-0.2, -0.15) is 0 Å². The number of aromatic hydroxyl groups is 1. The lowest BCUT2D eigenvalue weighted by Crippen LogP contribution is -1.90. The van der Waals surface area contributed by atoms with Crippen molar-refractivity contribution in [1.29, 1.82) is 0 Å². The molecule has 1 aromatic carbocycles. The van der Waals surface area contributed by atoms with Gasteiger partial charge < -0.3 is 15.4 Å². The third-order valence-corrected chi connectivity index (χ3v) is 2.46. The molecule has 15 heavy (non-hydrogen) atoms. The molecule has 78 valence electrons. The van der Waals surface area contributed by atoms with Crippen LogP contribution in [0.4, 0.5) is 5.88 Å². The van der Waals surface area contributed by atoms with Crippen LogP contribution in [0.25, 0.3) is 11.1 Å². The molecule has 0 amide bonds. The highest BCUT2D eigenvalue weighted by molar-refractivity contribution is 5.80. The molecule has 1 aromatic heterocycles. The Morgan fingerprint density at radius 1 is 1.27 bits per heavy atom. The second-order valence-electron chi connectivity index (χ2n) is 3.53. The van der Waals surface area contributed by atoms with E-state index in [4.69, 9.17) is 10.3 Å². The highest BCUT2D eigenvalue weighted by Crippen LogP contribution is 2.37. The van der Waals surface area contributed by atoms with Crippen LogP contribution in [0, 0.1) is 13.8 Å². The first-order valence-corrected chi connectivity index (χ1v) is 4.61. The summed E-state index contributed by atoms with van der Waals surface area (Å²) >= 11 is 0. The Kier molecular flexibility index (Phi) is 2.11. The summed E-state index contributed by atoms with van der Waals surface area (Å²) in [6.07, 6.45) is 1.51. The lowest BCUT2D eigenvalue weighted by atomic mass is 9.99. The van der Waals surface area contributed by atoms with Crippen molar-refractivity contribution in [2.45, 2.75) is 13.8 Å². The number of nitrogens with zero attached hydrogens (tertiary/aromatic N) is 1. The lowest BCUT2D eigenvalue weighted by Gasteiger charge is -2.08. The Bertz CT molecular complexity index is 503. The Morgan fingerprint density at radius 3 is 2.53 bits per heavy atom. The van der Waals surface area contributed by atoms with Crippen LogP contribution in [0.5, 0.6) is 5.75 Å². The van der Waals surface area contributed by atoms with Gasteiger partial charge in [0.1, 0.15) is 5.75 Å². The maximum Gasteiger partial charge on any atom is 0.230 e. The highest BCUT2D eigenvalue weighted by Gasteiger charge is 2.15. The summed E-state index contributed by atoms with van der Waals surface area (Å²) in [7, 11) is 0. The first kappa shape index (κ1) is 9.58. The topological polar surface area (TPSA) is 72.3 Å². The Labute approximate surface area is 87.3 Å². The summed E-state index contributed by atoms with van der Waals surface area (Å²) < 4.78 is 4.79. The summed E-state index contributed by atoms with van der Waals surface area (Å²) in [5.41, 5.74) is 8.68. The van der Waals surface area contributed by atoms with Gasteiger partial charge in [0.15, 0.2) is 0 Å². The average Bonchev–Trinajstić information content (AvgIpc) is 2.60. The minimum atomic E-state index is 0.221. The molecule has 0 unspecified atom stereocenters. The van der Waals surface area contributed by atoms with E-state index >= 15 is 0 Å². The largest absolute Gasteiger partial charge is 0.507 e. The van der Waals surface area contributed by atoms with E-state index in [2.05, 4.69) is 5.16 Å². The van der Waals surface area contributed by atoms with Crippen LogP contribution in [0.1, 0.15) is 11.1 Å². The quantitative estimate of drug-likeness (QED) is 0.747. The number of aromatic nitrogens is 1. The molecule has 3 N–H and O–H groups in total. The number of nitrogen functional groups attached to an aromatic ring is 1. The van der Waals surface area contributed by atoms with Crippen LogP contribution >= 0.6 is 0 Å². The fraction of sp³-hybridized carbons (Fsp3) is 0.182. The van der Waals surface area contributed by atoms with Gasteiger partial charge in [0.2, 0.25) is 5.88 Å². The maximum absolute atomic E-state index is 9.95. The van der Waals surface area contributed by atoms with E-state index in [1.807, 2.05) is 26.0 Å². The molecule has 4 heteroatoms. The van der Waals surface area contributed by atoms with Crippen molar-refractivity contribution in [3.63, 3.8) is 0 Å². The number of phenolic OH excluding ortho intramolecular Hbond substituents is 1. The zero-order valence-electron chi connectivity index (χ0n) is 8.61. The van der Waals surface area contributed by atoms with Crippen molar-refractivity contribution in [3.8, 4) is 16.9 Å². The smallest absolute Gasteiger partial charge is 0.230 e. The number of benzene rings is 1. The van der Waals surface area contributed by atoms with Gasteiger partial charge in [0.25, 0.3) is 0 Å². The molecule has 0 aliphatic rings. The van der Waals surface area contributed by atoms with Crippen molar-refractivity contribution in [2.24, 2.45) is 0 Å². The van der Waals surface area contributed by atoms with E-state index in [1.54, 1.807) is 0 Å². The normalized spacial score (nSPS) is 10.5. The van der Waals surface area contributed by atoms with Gasteiger partial charge in [-0.3, -0.25) is 0 Å². The summed E-state index contributed by atoms with van der Waals surface area (Å²) in [5.74, 6) is 0.448. The Balaban J connectivity index is 2.72. The van der Waals surface area contributed by atoms with E-state index in [-0.39, 0.29) is 11.6 Å². The molecule has 1 heterocycles. The summed E-state index contributed by atoms with van der Waals surface area (Å²) in [6.45, 7) is 3.74. The molecule has 0 saturated carbocycles. The van der Waals surface area contributed by atoms with E-state index in [0.717, 1.165) is 11.1 Å². The van der Waals surface area contributed by atoms with Gasteiger partial charge in [-0.25, -0.2) is 0 Å². The van der Waals surface area contributed by atoms with Crippen LogP contribution in [0.15, 0.2) is 22.9 Å². The lowest BCUT2D eigenvalue weighted by molar-refractivity contribution is 0.436. The second-order valence-corrected chi connectivity index (χ2v) is 3.53. The molecule has 0 bridgehead atoms. The third kappa shape index (κ3) is 1.44. The first-order valence-electron chi connectivity index (χ1n) is 4.61. The molecule has 0 saturated heterocycles. The van der Waals surface area contributed by atoms with Gasteiger partial charge in [0, 0.05) is 5.56 Å². The fourth-order valence-electron chi connectivity index (χ4n) is 1.57. The summed E-state index contributed by atoms with van der Waals surface area (Å²) in [4.78, 5) is 0. The average molecular weight is 204 g/mol. The van der Waals surface area contributed by atoms with Crippen LogP contribution in [0.2, 0.25) is 0 Å². The fourth-order valence-corrected chi connectivity index (χ4v) is 1.57. The highest BCUT2D eigenvalue weighted by atomic mass is 16.5. The number of aryl methyl sites for hydroxylation is 2. The Morgan fingerprint density at radius 2 is 1.93 bits per heavy atom. The van der Waals surface area contributed by atoms with Crippen LogP contribution in [0.3, 0.4) is 0 Å². The summed E-state index contributed by atoms with van der Waals surface area (Å²) in [6, 6.07) is 3.79. The van der Waals surface area contributed by atoms with Gasteiger partial charge in [-0.15, -0.1) is 0 Å². The van der Waals surface area contributed by atoms with E-state index in [9.17, 15) is 5.11 Å². The number of anilines is 1. The van der Waals surface area contributed by atoms with Crippen molar-refractivity contribution >= 4 is 5.88 Å². The van der Waals surface area contributed by atoms with Gasteiger partial charge in [0.05, 0.1) is 11.8 Å². The van der Waals surface area contributed by atoms with Crippen molar-refractivity contribution < 1.29 is 9.63 Å². The molecule has 4 nitrogen and oxygen atoms in total. The number of nitrogens with two attached hydrogens (primary N) is 1. The minimum absolute atomic E-state index is 0.221. The third-order valence-electron chi connectivity index (χ3n) is 2.46. The number of phenols is 1. The number of rotatable bonds is 1. The zero-order chi connectivity index (χ0) is 11.0. The molecule has 0 fully saturated rings. The minimum Gasteiger partial charge on any atom is -0.507 e. The van der Waals surface area contributed by atoms with Crippen molar-refractivity contribution in [3.05, 3.63) is 29.5 Å². The molecule has 0 atom stereocenters. The number of hydrogen-bond acceptors (Lipinski definition) is 4. The standard InChI is InChI=1S/C11H12N2O2/c1-6-3-4-7(2)10(14)9(6)8-5-13-15-11(8)12/h3-5,14H,12H2,1-2H3. The van der Waals surface area contributed by atoms with E-state index in [0.29, 0.717) is 11.1 Å². The predicted molar refractivity (Wildman–Crippen MR) is 57.5 cm³/mol.